The standard InChI is InChI=1S/C24H36N4O.C9H10O2/c1-2-3-14-28-15-12-18(13-16-28)20-17-25-21-10-11-22(26-23(20)21)27-24(29)19-8-6-4-5-7-9-19;1-2-9(10)11-8-6-4-3-5-7-8/h10-11,17-19,25H,2-9,12-16H2,1H3,(H,26,27,29);3-7H,2H2,1H3. The molecule has 0 unspecified atom stereocenters. The number of benzene rings is 1. The van der Waals surface area contributed by atoms with E-state index in [0.717, 1.165) is 23.9 Å². The van der Waals surface area contributed by atoms with Gasteiger partial charge in [0.05, 0.1) is 11.0 Å². The largest absolute Gasteiger partial charge is 0.427 e. The van der Waals surface area contributed by atoms with Gasteiger partial charge >= 0.3 is 5.97 Å². The van der Waals surface area contributed by atoms with E-state index < -0.39 is 0 Å². The normalized spacial score (nSPS) is 17.1. The molecule has 1 saturated heterocycles. The number of para-hydroxylation sites is 1. The molecule has 0 atom stereocenters. The van der Waals surface area contributed by atoms with Gasteiger partial charge in [0.1, 0.15) is 11.6 Å². The van der Waals surface area contributed by atoms with Gasteiger partial charge in [-0.2, -0.15) is 0 Å². The highest BCUT2D eigenvalue weighted by Crippen LogP contribution is 2.33. The summed E-state index contributed by atoms with van der Waals surface area (Å²) in [5.74, 6) is 1.97. The number of unbranched alkanes of at least 4 members (excludes halogenated alkanes) is 1. The summed E-state index contributed by atoms with van der Waals surface area (Å²) >= 11 is 0. The SMILES string of the molecule is CCC(=O)Oc1ccccc1.CCCCN1CCC(c2c[nH]c3ccc(NC(=O)C4CCCCCC4)nc23)CC1. The van der Waals surface area contributed by atoms with Gasteiger partial charge in [-0.05, 0) is 87.5 Å². The minimum atomic E-state index is -0.198. The van der Waals surface area contributed by atoms with Crippen molar-refractivity contribution in [2.24, 2.45) is 5.92 Å². The van der Waals surface area contributed by atoms with Gasteiger partial charge in [-0.3, -0.25) is 9.59 Å². The van der Waals surface area contributed by atoms with Crippen LogP contribution in [0.25, 0.3) is 11.0 Å². The summed E-state index contributed by atoms with van der Waals surface area (Å²) in [6.45, 7) is 7.61. The lowest BCUT2D eigenvalue weighted by molar-refractivity contribution is -0.134. The second-order valence-electron chi connectivity index (χ2n) is 11.1. The number of H-pyrrole nitrogens is 1. The van der Waals surface area contributed by atoms with Crippen molar-refractivity contribution in [2.45, 2.75) is 90.4 Å². The molecule has 5 rings (SSSR count). The predicted molar refractivity (Wildman–Crippen MR) is 162 cm³/mol. The molecule has 216 valence electrons. The molecule has 0 bridgehead atoms. The molecule has 7 heteroatoms. The highest BCUT2D eigenvalue weighted by atomic mass is 16.5. The first kappa shape index (κ1) is 29.8. The fourth-order valence-electron chi connectivity index (χ4n) is 5.71. The van der Waals surface area contributed by atoms with Crippen molar-refractivity contribution in [3.8, 4) is 5.75 Å². The summed E-state index contributed by atoms with van der Waals surface area (Å²) < 4.78 is 4.92. The molecule has 1 aliphatic heterocycles. The summed E-state index contributed by atoms with van der Waals surface area (Å²) in [4.78, 5) is 34.4. The molecule has 0 radical (unpaired) electrons. The molecule has 1 aromatic carbocycles. The Kier molecular flexibility index (Phi) is 11.6. The van der Waals surface area contributed by atoms with E-state index in [1.807, 2.05) is 24.3 Å². The number of amides is 1. The van der Waals surface area contributed by atoms with Gasteiger partial charge in [-0.25, -0.2) is 4.98 Å². The van der Waals surface area contributed by atoms with Crippen LogP contribution in [0.2, 0.25) is 0 Å². The van der Waals surface area contributed by atoms with Crippen molar-refractivity contribution in [1.29, 1.82) is 0 Å². The molecule has 7 nitrogen and oxygen atoms in total. The average molecular weight is 547 g/mol. The Hall–Kier alpha value is -3.19. The molecular formula is C33H46N4O3. The topological polar surface area (TPSA) is 87.3 Å². The number of anilines is 1. The van der Waals surface area contributed by atoms with Crippen LogP contribution in [-0.2, 0) is 9.59 Å². The third-order valence-electron chi connectivity index (χ3n) is 8.15. The van der Waals surface area contributed by atoms with Crippen molar-refractivity contribution in [3.63, 3.8) is 0 Å². The van der Waals surface area contributed by atoms with Gasteiger partial charge in [0.25, 0.3) is 0 Å². The summed E-state index contributed by atoms with van der Waals surface area (Å²) in [6, 6.07) is 13.1. The quantitative estimate of drug-likeness (QED) is 0.174. The number of esters is 1. The molecule has 1 saturated carbocycles. The van der Waals surface area contributed by atoms with Gasteiger partial charge in [-0.15, -0.1) is 0 Å². The van der Waals surface area contributed by atoms with Crippen LogP contribution in [0.5, 0.6) is 5.75 Å². The Morgan fingerprint density at radius 2 is 1.70 bits per heavy atom. The third-order valence-corrected chi connectivity index (χ3v) is 8.15. The molecule has 2 aliphatic rings. The average Bonchev–Trinajstić information content (AvgIpc) is 3.20. The van der Waals surface area contributed by atoms with Gasteiger partial charge in [0.15, 0.2) is 0 Å². The maximum absolute atomic E-state index is 12.7. The Balaban J connectivity index is 0.000000283. The Morgan fingerprint density at radius 3 is 2.38 bits per heavy atom. The van der Waals surface area contributed by atoms with Crippen LogP contribution in [-0.4, -0.2) is 46.4 Å². The van der Waals surface area contributed by atoms with Crippen molar-refractivity contribution < 1.29 is 14.3 Å². The first-order valence-corrected chi connectivity index (χ1v) is 15.3. The fourth-order valence-corrected chi connectivity index (χ4v) is 5.71. The van der Waals surface area contributed by atoms with E-state index in [1.54, 1.807) is 19.1 Å². The molecule has 2 aromatic heterocycles. The number of pyridine rings is 1. The van der Waals surface area contributed by atoms with Crippen molar-refractivity contribution >= 4 is 28.7 Å². The van der Waals surface area contributed by atoms with Crippen LogP contribution in [0.3, 0.4) is 0 Å². The molecule has 1 amide bonds. The summed E-state index contributed by atoms with van der Waals surface area (Å²) in [5, 5.41) is 3.11. The second kappa shape index (κ2) is 15.6. The first-order valence-electron chi connectivity index (χ1n) is 15.3. The predicted octanol–water partition coefficient (Wildman–Crippen LogP) is 7.45. The molecule has 2 N–H and O–H groups in total. The maximum atomic E-state index is 12.7. The second-order valence-corrected chi connectivity index (χ2v) is 11.1. The molecular weight excluding hydrogens is 500 g/mol. The van der Waals surface area contributed by atoms with Crippen LogP contribution in [0, 0.1) is 5.92 Å². The zero-order chi connectivity index (χ0) is 28.2. The van der Waals surface area contributed by atoms with E-state index in [1.165, 1.54) is 76.6 Å². The minimum Gasteiger partial charge on any atom is -0.427 e. The van der Waals surface area contributed by atoms with Crippen LogP contribution >= 0.6 is 0 Å². The number of hydrogen-bond acceptors (Lipinski definition) is 5. The first-order chi connectivity index (χ1) is 19.6. The number of likely N-dealkylation sites (tertiary alicyclic amines) is 1. The van der Waals surface area contributed by atoms with Crippen LogP contribution in [0.15, 0.2) is 48.7 Å². The number of fused-ring (bicyclic) bond motifs is 1. The number of aromatic amines is 1. The number of hydrogen-bond donors (Lipinski definition) is 2. The molecule has 1 aliphatic carbocycles. The summed E-state index contributed by atoms with van der Waals surface area (Å²) in [7, 11) is 0. The number of piperidine rings is 1. The lowest BCUT2D eigenvalue weighted by Gasteiger charge is -2.31. The molecule has 3 aromatic rings. The van der Waals surface area contributed by atoms with Gasteiger partial charge in [0, 0.05) is 18.5 Å². The smallest absolute Gasteiger partial charge is 0.310 e. The van der Waals surface area contributed by atoms with Crippen molar-refractivity contribution in [2.75, 3.05) is 25.0 Å². The maximum Gasteiger partial charge on any atom is 0.310 e. The fraction of sp³-hybridized carbons (Fsp3) is 0.545. The summed E-state index contributed by atoms with van der Waals surface area (Å²) in [6.07, 6.45) is 14.4. The van der Waals surface area contributed by atoms with Crippen LogP contribution in [0.4, 0.5) is 5.82 Å². The van der Waals surface area contributed by atoms with E-state index in [-0.39, 0.29) is 17.8 Å². The van der Waals surface area contributed by atoms with Crippen molar-refractivity contribution in [1.82, 2.24) is 14.9 Å². The minimum absolute atomic E-state index is 0.146. The van der Waals surface area contributed by atoms with Crippen molar-refractivity contribution in [3.05, 3.63) is 54.2 Å². The number of rotatable bonds is 8. The highest BCUT2D eigenvalue weighted by molar-refractivity contribution is 5.93. The van der Waals surface area contributed by atoms with Crippen LogP contribution in [0.1, 0.15) is 96.0 Å². The van der Waals surface area contributed by atoms with Crippen LogP contribution < -0.4 is 10.1 Å². The molecule has 3 heterocycles. The molecule has 40 heavy (non-hydrogen) atoms. The number of carbonyl (C=O) groups is 2. The number of carbonyl (C=O) groups excluding carboxylic acids is 2. The Labute approximate surface area is 239 Å². The molecule has 0 spiro atoms. The highest BCUT2D eigenvalue weighted by Gasteiger charge is 2.24. The van der Waals surface area contributed by atoms with E-state index in [2.05, 4.69) is 34.4 Å². The number of ether oxygens (including phenoxy) is 1. The van der Waals surface area contributed by atoms with E-state index in [0.29, 0.717) is 23.9 Å². The van der Waals surface area contributed by atoms with E-state index >= 15 is 0 Å². The lowest BCUT2D eigenvalue weighted by Crippen LogP contribution is -2.33. The summed E-state index contributed by atoms with van der Waals surface area (Å²) in [5.41, 5.74) is 3.43. The lowest BCUT2D eigenvalue weighted by atomic mass is 9.90. The van der Waals surface area contributed by atoms with E-state index in [9.17, 15) is 9.59 Å². The third kappa shape index (κ3) is 8.65. The Morgan fingerprint density at radius 1 is 0.975 bits per heavy atom. The Bertz CT molecular complexity index is 1190. The van der Waals surface area contributed by atoms with E-state index in [4.69, 9.17) is 9.72 Å². The van der Waals surface area contributed by atoms with Gasteiger partial charge in [-0.1, -0.05) is 64.2 Å². The van der Waals surface area contributed by atoms with Gasteiger partial charge < -0.3 is 19.9 Å². The number of nitrogens with zero attached hydrogens (tertiary/aromatic N) is 2. The zero-order valence-electron chi connectivity index (χ0n) is 24.3. The number of aromatic nitrogens is 2. The van der Waals surface area contributed by atoms with Gasteiger partial charge in [0.2, 0.25) is 5.91 Å². The molecule has 2 fully saturated rings. The number of nitrogens with one attached hydrogen (secondary N) is 2. The monoisotopic (exact) mass is 546 g/mol. The zero-order valence-corrected chi connectivity index (χ0v) is 24.3.